The van der Waals surface area contributed by atoms with Gasteiger partial charge in [-0.15, -0.1) is 10.2 Å². The normalized spacial score (nSPS) is 25.4. The summed E-state index contributed by atoms with van der Waals surface area (Å²) in [6.45, 7) is 0. The highest BCUT2D eigenvalue weighted by atomic mass is 35.5. The summed E-state index contributed by atoms with van der Waals surface area (Å²) in [4.78, 5) is 3.94. The molecule has 2 rings (SSSR count). The fourth-order valence-electron chi connectivity index (χ4n) is 1.84. The molecule has 2 atom stereocenters. The van der Waals surface area contributed by atoms with Gasteiger partial charge in [0.2, 0.25) is 5.28 Å². The van der Waals surface area contributed by atoms with Crippen molar-refractivity contribution >= 4 is 29.0 Å². The molecule has 0 aliphatic heterocycles. The number of halogens is 2. The Morgan fingerprint density at radius 1 is 1.19 bits per heavy atom. The van der Waals surface area contributed by atoms with Crippen LogP contribution < -0.4 is 5.32 Å². The summed E-state index contributed by atoms with van der Waals surface area (Å²) in [5, 5.41) is 20.2. The molecule has 0 aromatic carbocycles. The molecule has 1 aliphatic rings. The maximum atomic E-state index is 9.79. The Morgan fingerprint density at radius 3 is 2.69 bits per heavy atom. The number of anilines is 1. The van der Waals surface area contributed by atoms with Crippen molar-refractivity contribution in [1.29, 1.82) is 0 Å². The molecule has 1 aromatic heterocycles. The molecule has 1 aliphatic carbocycles. The van der Waals surface area contributed by atoms with E-state index in [-0.39, 0.29) is 22.6 Å². The monoisotopic (exact) mass is 262 g/mol. The molecule has 1 aromatic rings. The second-order valence-electron chi connectivity index (χ2n) is 3.82. The Balaban J connectivity index is 2.10. The Morgan fingerprint density at radius 2 is 1.94 bits per heavy atom. The second kappa shape index (κ2) is 5.12. The Hall–Kier alpha value is -0.650. The fourth-order valence-corrected chi connectivity index (χ4v) is 2.10. The van der Waals surface area contributed by atoms with Crippen molar-refractivity contribution in [2.24, 2.45) is 0 Å². The van der Waals surface area contributed by atoms with Crippen molar-refractivity contribution in [2.75, 3.05) is 5.32 Å². The minimum absolute atomic E-state index is 0.0391. The Kier molecular flexibility index (Phi) is 3.78. The molecule has 2 unspecified atom stereocenters. The summed E-state index contributed by atoms with van der Waals surface area (Å²) in [6.07, 6.45) is 3.44. The molecule has 0 spiro atoms. The van der Waals surface area contributed by atoms with E-state index in [1.54, 1.807) is 0 Å². The maximum Gasteiger partial charge on any atom is 0.245 e. The zero-order chi connectivity index (χ0) is 11.5. The number of aliphatic hydroxyl groups is 1. The largest absolute Gasteiger partial charge is 0.391 e. The average molecular weight is 263 g/mol. The van der Waals surface area contributed by atoms with Crippen molar-refractivity contribution in [3.8, 4) is 0 Å². The Labute approximate surface area is 103 Å². The minimum Gasteiger partial charge on any atom is -0.391 e. The number of rotatable bonds is 2. The van der Waals surface area contributed by atoms with Crippen molar-refractivity contribution in [3.63, 3.8) is 0 Å². The Bertz CT molecular complexity index is 377. The van der Waals surface area contributed by atoms with Gasteiger partial charge in [-0.05, 0) is 24.4 Å². The molecular weight excluding hydrogens is 251 g/mol. The number of aliphatic hydroxyl groups excluding tert-OH is 1. The molecule has 1 fully saturated rings. The van der Waals surface area contributed by atoms with Crippen LogP contribution in [0.3, 0.4) is 0 Å². The van der Waals surface area contributed by atoms with Crippen LogP contribution >= 0.6 is 23.2 Å². The molecule has 7 heteroatoms. The fraction of sp³-hybridized carbons (Fsp3) is 0.667. The van der Waals surface area contributed by atoms with Gasteiger partial charge in [0.1, 0.15) is 0 Å². The van der Waals surface area contributed by atoms with Crippen molar-refractivity contribution in [2.45, 2.75) is 37.8 Å². The third-order valence-electron chi connectivity index (χ3n) is 2.67. The van der Waals surface area contributed by atoms with E-state index in [1.807, 2.05) is 0 Å². The summed E-state index contributed by atoms with van der Waals surface area (Å²) in [5.74, 6) is 0.382. The molecule has 2 N–H and O–H groups in total. The molecule has 0 amide bonds. The summed E-state index contributed by atoms with van der Waals surface area (Å²) in [7, 11) is 0. The highest BCUT2D eigenvalue weighted by Gasteiger charge is 2.24. The van der Waals surface area contributed by atoms with E-state index in [0.29, 0.717) is 5.82 Å². The van der Waals surface area contributed by atoms with Gasteiger partial charge >= 0.3 is 0 Å². The van der Waals surface area contributed by atoms with E-state index in [4.69, 9.17) is 23.2 Å². The molecule has 88 valence electrons. The van der Waals surface area contributed by atoms with Gasteiger partial charge in [0.25, 0.3) is 0 Å². The summed E-state index contributed by atoms with van der Waals surface area (Å²) in [5.41, 5.74) is 0. The zero-order valence-electron chi connectivity index (χ0n) is 8.53. The van der Waals surface area contributed by atoms with E-state index >= 15 is 0 Å². The number of hydrogen-bond acceptors (Lipinski definition) is 5. The molecule has 0 saturated heterocycles. The van der Waals surface area contributed by atoms with Gasteiger partial charge in [-0.1, -0.05) is 24.4 Å². The van der Waals surface area contributed by atoms with Crippen LogP contribution in [0, 0.1) is 0 Å². The van der Waals surface area contributed by atoms with Crippen LogP contribution in [0.1, 0.15) is 25.7 Å². The van der Waals surface area contributed by atoms with Gasteiger partial charge in [-0.2, -0.15) is 4.98 Å². The highest BCUT2D eigenvalue weighted by molar-refractivity contribution is 6.32. The van der Waals surface area contributed by atoms with Gasteiger partial charge in [0.05, 0.1) is 12.1 Å². The molecule has 0 bridgehead atoms. The van der Waals surface area contributed by atoms with Crippen LogP contribution in [-0.2, 0) is 0 Å². The van der Waals surface area contributed by atoms with E-state index < -0.39 is 0 Å². The lowest BCUT2D eigenvalue weighted by molar-refractivity contribution is 0.116. The topological polar surface area (TPSA) is 70.9 Å². The van der Waals surface area contributed by atoms with E-state index in [2.05, 4.69) is 20.5 Å². The predicted octanol–water partition coefficient (Wildman–Crippen LogP) is 1.89. The smallest absolute Gasteiger partial charge is 0.245 e. The van der Waals surface area contributed by atoms with Gasteiger partial charge in [-0.25, -0.2) is 0 Å². The maximum absolute atomic E-state index is 9.79. The highest BCUT2D eigenvalue weighted by Crippen LogP contribution is 2.24. The lowest BCUT2D eigenvalue weighted by Crippen LogP contribution is -2.36. The first-order chi connectivity index (χ1) is 7.66. The lowest BCUT2D eigenvalue weighted by atomic mass is 9.93. The SMILES string of the molecule is OC1CCCCC1Nc1nc(Cl)nnc1Cl. The zero-order valence-corrected chi connectivity index (χ0v) is 10.0. The quantitative estimate of drug-likeness (QED) is 0.852. The minimum atomic E-state index is -0.376. The first-order valence-corrected chi connectivity index (χ1v) is 5.93. The third kappa shape index (κ3) is 2.72. The van der Waals surface area contributed by atoms with Gasteiger partial charge in [0, 0.05) is 0 Å². The van der Waals surface area contributed by atoms with Crippen LogP contribution in [0.5, 0.6) is 0 Å². The molecule has 5 nitrogen and oxygen atoms in total. The van der Waals surface area contributed by atoms with Crippen molar-refractivity contribution < 1.29 is 5.11 Å². The van der Waals surface area contributed by atoms with E-state index in [0.717, 1.165) is 25.7 Å². The average Bonchev–Trinajstić information content (AvgIpc) is 2.27. The summed E-state index contributed by atoms with van der Waals surface area (Å²) < 4.78 is 0. The van der Waals surface area contributed by atoms with Crippen LogP contribution in [0.4, 0.5) is 5.82 Å². The number of nitrogens with one attached hydrogen (secondary N) is 1. The third-order valence-corrected chi connectivity index (χ3v) is 3.09. The number of hydrogen-bond donors (Lipinski definition) is 2. The number of nitrogens with zero attached hydrogens (tertiary/aromatic N) is 3. The van der Waals surface area contributed by atoms with E-state index in [1.165, 1.54) is 0 Å². The summed E-state index contributed by atoms with van der Waals surface area (Å²) >= 11 is 11.4. The van der Waals surface area contributed by atoms with Gasteiger partial charge < -0.3 is 10.4 Å². The van der Waals surface area contributed by atoms with Gasteiger partial charge in [0.15, 0.2) is 11.0 Å². The molecule has 16 heavy (non-hydrogen) atoms. The van der Waals surface area contributed by atoms with Crippen LogP contribution in [0.25, 0.3) is 0 Å². The van der Waals surface area contributed by atoms with Crippen molar-refractivity contribution in [1.82, 2.24) is 15.2 Å². The van der Waals surface area contributed by atoms with Crippen LogP contribution in [0.2, 0.25) is 10.4 Å². The van der Waals surface area contributed by atoms with Crippen molar-refractivity contribution in [3.05, 3.63) is 10.4 Å². The lowest BCUT2D eigenvalue weighted by Gasteiger charge is -2.28. The molecule has 0 radical (unpaired) electrons. The molecule has 1 saturated carbocycles. The van der Waals surface area contributed by atoms with E-state index in [9.17, 15) is 5.11 Å². The molecule has 1 heterocycles. The first-order valence-electron chi connectivity index (χ1n) is 5.17. The summed E-state index contributed by atoms with van der Waals surface area (Å²) in [6, 6.07) is -0.0426. The second-order valence-corrected chi connectivity index (χ2v) is 4.52. The van der Waals surface area contributed by atoms with Crippen LogP contribution in [-0.4, -0.2) is 32.4 Å². The standard InChI is InChI=1S/C9H12Cl2N4O/c10-7-8(13-9(11)15-14-7)12-5-3-1-2-4-6(5)16/h5-6,16H,1-4H2,(H,12,13,15). The first kappa shape index (κ1) is 11.8. The van der Waals surface area contributed by atoms with Gasteiger partial charge in [-0.3, -0.25) is 0 Å². The molecular formula is C9H12Cl2N4O. The predicted molar refractivity (Wildman–Crippen MR) is 61.7 cm³/mol. The number of aromatic nitrogens is 3. The van der Waals surface area contributed by atoms with Crippen LogP contribution in [0.15, 0.2) is 0 Å².